The van der Waals surface area contributed by atoms with Crippen LogP contribution in [0.3, 0.4) is 0 Å². The summed E-state index contributed by atoms with van der Waals surface area (Å²) in [6.07, 6.45) is -3.58. The van der Waals surface area contributed by atoms with Crippen LogP contribution >= 0.6 is 11.3 Å². The van der Waals surface area contributed by atoms with Crippen LogP contribution in [-0.2, 0) is 112 Å². The number of amides is 6. The summed E-state index contributed by atoms with van der Waals surface area (Å²) in [6.45, 7) is 9.43. The van der Waals surface area contributed by atoms with Crippen LogP contribution in [0.25, 0.3) is 21.3 Å². The third-order valence-corrected chi connectivity index (χ3v) is 25.9. The van der Waals surface area contributed by atoms with E-state index in [1.807, 2.05) is 52.9 Å². The van der Waals surface area contributed by atoms with Crippen LogP contribution in [0.2, 0.25) is 0 Å². The van der Waals surface area contributed by atoms with Gasteiger partial charge in [0, 0.05) is 92.4 Å². The number of aliphatic carboxylic acids is 1. The van der Waals surface area contributed by atoms with Crippen molar-refractivity contribution in [2.24, 2.45) is 29.1 Å². The number of likely N-dealkylation sites (tertiary alicyclic amines) is 1. The molecule has 38 heteroatoms. The van der Waals surface area contributed by atoms with E-state index in [9.17, 15) is 99.4 Å². The van der Waals surface area contributed by atoms with Crippen LogP contribution in [0.5, 0.6) is 0 Å². The Labute approximate surface area is 696 Å². The third-order valence-electron chi connectivity index (χ3n) is 23.6. The first-order chi connectivity index (χ1) is 56.7. The molecule has 9 N–H and O–H groups in total. The Morgan fingerprint density at radius 1 is 0.825 bits per heavy atom. The van der Waals surface area contributed by atoms with Crippen LogP contribution < -0.4 is 15.5 Å². The van der Waals surface area contributed by atoms with Crippen molar-refractivity contribution in [2.75, 3.05) is 67.7 Å². The molecule has 6 aromatic rings. The zero-order valence-electron chi connectivity index (χ0n) is 67.1. The number of carboxylic acids is 2. The summed E-state index contributed by atoms with van der Waals surface area (Å²) < 4.78 is 93.3. The number of hydrogen-bond donors (Lipinski definition) is 9. The Morgan fingerprint density at radius 2 is 1.57 bits per heavy atom. The second-order valence-electron chi connectivity index (χ2n) is 33.0. The van der Waals surface area contributed by atoms with Crippen LogP contribution in [0, 0.1) is 36.0 Å². The summed E-state index contributed by atoms with van der Waals surface area (Å²) in [4.78, 5) is 149. The van der Waals surface area contributed by atoms with Crippen LogP contribution in [0.1, 0.15) is 140 Å². The number of aromatic nitrogens is 4. The van der Waals surface area contributed by atoms with Gasteiger partial charge >= 0.3 is 18.0 Å². The van der Waals surface area contributed by atoms with Gasteiger partial charge in [-0.15, -0.1) is 0 Å². The third kappa shape index (κ3) is 21.3. The smallest absolute Gasteiger partial charge is 0.410 e. The first-order valence-corrected chi connectivity index (χ1v) is 43.8. The number of hydrogen-bond acceptors (Lipinski definition) is 26. The maximum absolute atomic E-state index is 14.4. The Kier molecular flexibility index (Phi) is 27.7. The number of nitrogens with zero attached hydrogens (tertiary/aromatic N) is 8. The van der Waals surface area contributed by atoms with Gasteiger partial charge in [-0.25, -0.2) is 24.4 Å². The largest absolute Gasteiger partial charge is 0.479 e. The van der Waals surface area contributed by atoms with Crippen molar-refractivity contribution in [1.82, 2.24) is 39.8 Å². The normalized spacial score (nSPS) is 24.2. The van der Waals surface area contributed by atoms with Gasteiger partial charge in [0.1, 0.15) is 36.8 Å². The number of nitrogens with one attached hydrogen (secondary N) is 2. The zero-order chi connectivity index (χ0) is 86.6. The van der Waals surface area contributed by atoms with Gasteiger partial charge in [-0.3, -0.25) is 57.6 Å². The van der Waals surface area contributed by atoms with Gasteiger partial charge in [-0.1, -0.05) is 81.5 Å². The number of ketones is 2. The molecular weight excluding hydrogens is 1620 g/mol. The summed E-state index contributed by atoms with van der Waals surface area (Å²) in [5.74, 6) is -9.96. The van der Waals surface area contributed by atoms with Gasteiger partial charge in [-0.2, -0.15) is 21.9 Å². The fourth-order valence-corrected chi connectivity index (χ4v) is 19.6. The molecule has 0 spiro atoms. The van der Waals surface area contributed by atoms with E-state index in [1.165, 1.54) is 30.4 Å². The molecule has 3 aromatic heterocycles. The number of carbonyl (C=O) groups excluding carboxylic acids is 8. The molecule has 4 fully saturated rings. The highest BCUT2D eigenvalue weighted by molar-refractivity contribution is 7.86. The van der Waals surface area contributed by atoms with E-state index in [-0.39, 0.29) is 74.3 Å². The van der Waals surface area contributed by atoms with E-state index in [0.29, 0.717) is 95.3 Å². The number of rotatable bonds is 36. The molecule has 2 saturated heterocycles. The summed E-state index contributed by atoms with van der Waals surface area (Å²) in [6, 6.07) is 17.9. The van der Waals surface area contributed by atoms with Gasteiger partial charge in [0.15, 0.2) is 28.5 Å². The molecule has 6 amide bonds. The van der Waals surface area contributed by atoms with Gasteiger partial charge in [-0.05, 0) is 147 Å². The predicted octanol–water partition coefficient (Wildman–Crippen LogP) is 5.41. The first-order valence-electron chi connectivity index (χ1n) is 39.8. The Morgan fingerprint density at radius 3 is 2.27 bits per heavy atom. The SMILES string of the molecule is Cc1c(-c2ccc(N3CCc4cccc(C(=O)Nc5nc6ccccc6s5)c4C3)nc2C(=O)O)cnn1CC1CC2(C)CC(C)CC(OCCN(CCS(=O)(=O)O)C(=O)OCc3ccc(CC(=O)[C@H](C)NC(=O)[C@@H](CC(=O)CN4C(=O)[C@@H](N5C(=O)C=CC5=O)C[C@H]4COCCS(=O)(=O)O)C(C)C)cc3CC[C@@H]3O[C@H](C(=O)O)[C@@H](O)[C@H](O)[C@H]3O)(C1)C2. The van der Waals surface area contributed by atoms with Gasteiger partial charge in [0.25, 0.3) is 38.0 Å². The molecule has 646 valence electrons. The second-order valence-corrected chi connectivity index (χ2v) is 37.2. The fourth-order valence-electron chi connectivity index (χ4n) is 18.0. The number of pyridine rings is 1. The number of fused-ring (bicyclic) bond motifs is 4. The van der Waals surface area contributed by atoms with Gasteiger partial charge in [0.2, 0.25) is 11.8 Å². The van der Waals surface area contributed by atoms with E-state index < -0.39 is 184 Å². The predicted molar refractivity (Wildman–Crippen MR) is 432 cm³/mol. The number of aliphatic hydroxyl groups is 3. The maximum Gasteiger partial charge on any atom is 0.410 e. The monoisotopic (exact) mass is 1720 g/mol. The van der Waals surface area contributed by atoms with Gasteiger partial charge in [0.05, 0.1) is 78.1 Å². The molecule has 35 nitrogen and oxygen atoms in total. The van der Waals surface area contributed by atoms with Crippen LogP contribution in [-0.4, -0.2) is 257 Å². The Balaban J connectivity index is 0.697. The van der Waals surface area contributed by atoms with E-state index in [1.54, 1.807) is 44.3 Å². The summed E-state index contributed by atoms with van der Waals surface area (Å²) in [5, 5.41) is 63.8. The number of benzene rings is 3. The van der Waals surface area contributed by atoms with E-state index >= 15 is 0 Å². The zero-order valence-corrected chi connectivity index (χ0v) is 69.6. The Hall–Kier alpha value is -9.87. The molecule has 3 aromatic carbocycles. The molecule has 2 aliphatic carbocycles. The number of ether oxygens (including phenoxy) is 4. The lowest BCUT2D eigenvalue weighted by Gasteiger charge is -2.55. The fraction of sp³-hybridized carbons (Fsp3) is 0.524. The number of imide groups is 1. The standard InChI is InChI=1S/C82H100N10O25S3/c1-45(2)58(33-55(93)40-90-54(43-114-27-29-120(111,112)113)32-62(76(90)102)92-67(95)20-21-68(92)96)75(101)84-47(4)63(94)31-49-14-15-53(52(30-49)16-18-64-70(97)71(98)72(99)73(117-64)78(105)106)42-115-80(107)88(25-28-119(108,109)110)24-26-116-82-35-46(3)34-81(6,44-82)36-50(37-82)39-91-48(5)59(38-83-91)56-17-19-66(86-69(56)77(103)104)89-23-22-51-10-9-11-57(60(51)41-89)74(100)87-79-85-61-12-7-8-13-65(61)118-79/h7-15,17,19-21,30,38,45-47,50,54,58,62,64,70-73,97-99H,16,18,22-29,31-37,39-44H2,1-6H3,(H,84,101)(H,103,104)(H,105,106)(H,85,87,100)(H,108,109,110)(H,111,112,113)/t46?,47-,50?,54-,58-,62-,64-,70-,71+,72-,73-,81?,82?/m0/s1. The molecule has 2 saturated carbocycles. The van der Waals surface area contributed by atoms with Crippen molar-refractivity contribution in [3.8, 4) is 11.1 Å². The molecule has 120 heavy (non-hydrogen) atoms. The highest BCUT2D eigenvalue weighted by Gasteiger charge is 2.53. The molecule has 6 aliphatic rings. The van der Waals surface area contributed by atoms with Crippen molar-refractivity contribution in [3.63, 3.8) is 0 Å². The number of carboxylic acid groups (broad SMARTS) is 2. The number of aromatic carboxylic acids is 1. The van der Waals surface area contributed by atoms with E-state index in [0.717, 1.165) is 61.0 Å². The van der Waals surface area contributed by atoms with Crippen molar-refractivity contribution in [2.45, 2.75) is 186 Å². The molecule has 4 unspecified atom stereocenters. The molecule has 2 bridgehead atoms. The lowest BCUT2D eigenvalue weighted by atomic mass is 9.55. The van der Waals surface area contributed by atoms with E-state index in [4.69, 9.17) is 29.0 Å². The number of carbonyl (C=O) groups is 10. The molecular formula is C82H100N10O25S3. The van der Waals surface area contributed by atoms with Crippen molar-refractivity contribution >= 4 is 112 Å². The summed E-state index contributed by atoms with van der Waals surface area (Å²) in [7, 11) is -9.09. The second kappa shape index (κ2) is 37.2. The summed E-state index contributed by atoms with van der Waals surface area (Å²) in [5.41, 5.74) is 4.58. The van der Waals surface area contributed by atoms with Gasteiger partial charge < -0.3 is 64.5 Å². The quantitative estimate of drug-likeness (QED) is 0.0135. The minimum atomic E-state index is -4.66. The minimum Gasteiger partial charge on any atom is -0.479 e. The lowest BCUT2D eigenvalue weighted by molar-refractivity contribution is -0.228. The topological polar surface area (TPSA) is 498 Å². The van der Waals surface area contributed by atoms with E-state index in [2.05, 4.69) is 29.5 Å². The number of anilines is 2. The highest BCUT2D eigenvalue weighted by Crippen LogP contribution is 2.56. The number of thiazole rings is 1. The minimum absolute atomic E-state index is 0.0135. The summed E-state index contributed by atoms with van der Waals surface area (Å²) >= 11 is 1.38. The number of aliphatic hydroxyl groups excluding tert-OH is 3. The Bertz CT molecular complexity index is 5160. The highest BCUT2D eigenvalue weighted by atomic mass is 32.2. The van der Waals surface area contributed by atoms with Crippen molar-refractivity contribution < 1.29 is 118 Å². The number of para-hydroxylation sites is 1. The average molecular weight is 1720 g/mol. The number of Topliss-reactive ketones (excluding diaryl/α,β-unsaturated/α-hetero) is 2. The first kappa shape index (κ1) is 89.4. The van der Waals surface area contributed by atoms with Crippen LogP contribution in [0.15, 0.2) is 91.1 Å². The molecule has 13 atom stereocenters. The number of aryl methyl sites for hydroxylation is 1. The molecule has 4 aliphatic heterocycles. The average Bonchev–Trinajstić information content (AvgIpc) is 1.04. The molecule has 7 heterocycles. The van der Waals surface area contributed by atoms with Crippen LogP contribution in [0.4, 0.5) is 15.7 Å². The molecule has 0 radical (unpaired) electrons. The van der Waals surface area contributed by atoms with Crippen molar-refractivity contribution in [3.05, 3.63) is 136 Å². The lowest BCUT2D eigenvalue weighted by Crippen LogP contribution is -2.59. The molecule has 12 rings (SSSR count). The van der Waals surface area contributed by atoms with Crippen molar-refractivity contribution in [1.29, 1.82) is 0 Å². The maximum atomic E-state index is 14.4.